The molecule has 21 heavy (non-hydrogen) atoms. The van der Waals surface area contributed by atoms with Gasteiger partial charge >= 0.3 is 0 Å². The molecule has 8 nitrogen and oxygen atoms in total. The number of hydrogen-bond donors (Lipinski definition) is 3. The van der Waals surface area contributed by atoms with E-state index in [2.05, 4.69) is 35.3 Å². The van der Waals surface area contributed by atoms with Crippen molar-refractivity contribution in [2.24, 2.45) is 5.92 Å². The first-order chi connectivity index (χ1) is 10.0. The van der Waals surface area contributed by atoms with E-state index in [0.717, 1.165) is 19.3 Å². The van der Waals surface area contributed by atoms with Gasteiger partial charge in [0.1, 0.15) is 17.4 Å². The SMILES string of the molecule is O=S(=O)(NCC1CCC1)Nc1ncnc(OCCO)c1Br. The van der Waals surface area contributed by atoms with Crippen molar-refractivity contribution in [1.29, 1.82) is 0 Å². The van der Waals surface area contributed by atoms with Crippen molar-refractivity contribution in [3.8, 4) is 5.88 Å². The summed E-state index contributed by atoms with van der Waals surface area (Å²) in [4.78, 5) is 7.72. The Labute approximate surface area is 131 Å². The molecule has 1 aromatic heterocycles. The fraction of sp³-hybridized carbons (Fsp3) is 0.636. The van der Waals surface area contributed by atoms with Crippen LogP contribution in [0.5, 0.6) is 5.88 Å². The molecule has 1 fully saturated rings. The molecule has 0 aliphatic heterocycles. The molecule has 1 aliphatic carbocycles. The zero-order valence-electron chi connectivity index (χ0n) is 11.2. The van der Waals surface area contributed by atoms with Crippen LogP contribution in [0.25, 0.3) is 0 Å². The van der Waals surface area contributed by atoms with E-state index in [0.29, 0.717) is 12.5 Å². The van der Waals surface area contributed by atoms with E-state index in [4.69, 9.17) is 9.84 Å². The topological polar surface area (TPSA) is 113 Å². The largest absolute Gasteiger partial charge is 0.474 e. The van der Waals surface area contributed by atoms with E-state index < -0.39 is 10.2 Å². The van der Waals surface area contributed by atoms with Crippen LogP contribution in [0.2, 0.25) is 0 Å². The zero-order chi connectivity index (χ0) is 15.3. The van der Waals surface area contributed by atoms with Gasteiger partial charge in [0.25, 0.3) is 10.2 Å². The van der Waals surface area contributed by atoms with E-state index in [1.807, 2.05) is 0 Å². The summed E-state index contributed by atoms with van der Waals surface area (Å²) in [5.41, 5.74) is 0. The highest BCUT2D eigenvalue weighted by molar-refractivity contribution is 9.10. The molecule has 1 saturated carbocycles. The van der Waals surface area contributed by atoms with Crippen molar-refractivity contribution in [2.75, 3.05) is 24.5 Å². The number of aliphatic hydroxyl groups excluding tert-OH is 1. The standard InChI is InChI=1S/C11H17BrN4O4S/c12-9-10(13-7-14-11(9)20-5-4-17)16-21(18,19)15-6-8-2-1-3-8/h7-8,15,17H,1-6H2,(H,13,14,16). The van der Waals surface area contributed by atoms with Crippen molar-refractivity contribution in [3.05, 3.63) is 10.8 Å². The third-order valence-electron chi connectivity index (χ3n) is 3.11. The number of aromatic nitrogens is 2. The van der Waals surface area contributed by atoms with Crippen LogP contribution >= 0.6 is 15.9 Å². The number of rotatable bonds is 8. The van der Waals surface area contributed by atoms with Gasteiger partial charge in [0.2, 0.25) is 5.88 Å². The number of halogens is 1. The second-order valence-electron chi connectivity index (χ2n) is 4.66. The van der Waals surface area contributed by atoms with Crippen molar-refractivity contribution in [3.63, 3.8) is 0 Å². The normalized spacial score (nSPS) is 15.5. The quantitative estimate of drug-likeness (QED) is 0.610. The molecule has 0 aromatic carbocycles. The molecule has 0 bridgehead atoms. The molecule has 0 spiro atoms. The first-order valence-electron chi connectivity index (χ1n) is 6.53. The van der Waals surface area contributed by atoms with Crippen LogP contribution in [0, 0.1) is 5.92 Å². The summed E-state index contributed by atoms with van der Waals surface area (Å²) in [6.45, 7) is 0.314. The van der Waals surface area contributed by atoms with Gasteiger partial charge in [-0.1, -0.05) is 6.42 Å². The Kier molecular flexibility index (Phi) is 5.73. The maximum atomic E-state index is 11.9. The fourth-order valence-corrected chi connectivity index (χ4v) is 3.24. The van der Waals surface area contributed by atoms with Crippen molar-refractivity contribution >= 4 is 32.0 Å². The Morgan fingerprint density at radius 1 is 1.43 bits per heavy atom. The second kappa shape index (κ2) is 7.34. The van der Waals surface area contributed by atoms with Gasteiger partial charge < -0.3 is 9.84 Å². The summed E-state index contributed by atoms with van der Waals surface area (Å²) in [7, 11) is -3.69. The van der Waals surface area contributed by atoms with Crippen LogP contribution in [0.3, 0.4) is 0 Å². The van der Waals surface area contributed by atoms with Crippen molar-refractivity contribution in [2.45, 2.75) is 19.3 Å². The number of ether oxygens (including phenoxy) is 1. The Morgan fingerprint density at radius 2 is 2.19 bits per heavy atom. The molecule has 0 unspecified atom stereocenters. The summed E-state index contributed by atoms with van der Waals surface area (Å²) in [5.74, 6) is 0.661. The average molecular weight is 381 g/mol. The van der Waals surface area contributed by atoms with Gasteiger partial charge in [-0.05, 0) is 34.7 Å². The smallest absolute Gasteiger partial charge is 0.300 e. The molecule has 118 valence electrons. The predicted octanol–water partition coefficient (Wildman–Crippen LogP) is 0.657. The van der Waals surface area contributed by atoms with Gasteiger partial charge in [0, 0.05) is 6.54 Å². The highest BCUT2D eigenvalue weighted by atomic mass is 79.9. The van der Waals surface area contributed by atoms with E-state index in [-0.39, 0.29) is 29.4 Å². The minimum atomic E-state index is -3.69. The number of hydrogen-bond acceptors (Lipinski definition) is 6. The predicted molar refractivity (Wildman–Crippen MR) is 80.2 cm³/mol. The molecule has 1 aliphatic rings. The van der Waals surface area contributed by atoms with Gasteiger partial charge in [-0.25, -0.2) is 9.97 Å². The van der Waals surface area contributed by atoms with Crippen LogP contribution in [0.4, 0.5) is 5.82 Å². The molecule has 0 radical (unpaired) electrons. The number of nitrogens with zero attached hydrogens (tertiary/aromatic N) is 2. The first kappa shape index (κ1) is 16.4. The Bertz CT molecular complexity index is 580. The van der Waals surface area contributed by atoms with Crippen LogP contribution in [0.1, 0.15) is 19.3 Å². The lowest BCUT2D eigenvalue weighted by Gasteiger charge is -2.25. The summed E-state index contributed by atoms with van der Waals surface area (Å²) >= 11 is 3.18. The number of anilines is 1. The molecule has 1 aromatic rings. The summed E-state index contributed by atoms with van der Waals surface area (Å²) in [6, 6.07) is 0. The molecule has 0 saturated heterocycles. The molecule has 10 heteroatoms. The highest BCUT2D eigenvalue weighted by Crippen LogP contribution is 2.29. The van der Waals surface area contributed by atoms with E-state index in [1.165, 1.54) is 6.33 Å². The van der Waals surface area contributed by atoms with E-state index in [1.54, 1.807) is 0 Å². The lowest BCUT2D eigenvalue weighted by Crippen LogP contribution is -2.36. The molecule has 3 N–H and O–H groups in total. The lowest BCUT2D eigenvalue weighted by molar-refractivity contribution is 0.196. The van der Waals surface area contributed by atoms with Crippen LogP contribution < -0.4 is 14.2 Å². The summed E-state index contributed by atoms with van der Waals surface area (Å²) < 4.78 is 34.1. The van der Waals surface area contributed by atoms with Crippen molar-refractivity contribution < 1.29 is 18.3 Å². The third-order valence-corrected chi connectivity index (χ3v) is 4.83. The van der Waals surface area contributed by atoms with Crippen LogP contribution in [0.15, 0.2) is 10.8 Å². The molecule has 0 atom stereocenters. The Morgan fingerprint density at radius 3 is 2.81 bits per heavy atom. The third kappa shape index (κ3) is 4.77. The molecular weight excluding hydrogens is 364 g/mol. The van der Waals surface area contributed by atoms with Gasteiger partial charge in [0.05, 0.1) is 6.61 Å². The van der Waals surface area contributed by atoms with Gasteiger partial charge in [-0.15, -0.1) is 0 Å². The number of nitrogens with one attached hydrogen (secondary N) is 2. The summed E-state index contributed by atoms with van der Waals surface area (Å²) in [6.07, 6.45) is 4.45. The molecule has 0 amide bonds. The fourth-order valence-electron chi connectivity index (χ4n) is 1.76. The Hall–Kier alpha value is -0.970. The molecular formula is C11H17BrN4O4S. The van der Waals surface area contributed by atoms with Gasteiger partial charge in [-0.3, -0.25) is 4.72 Å². The summed E-state index contributed by atoms with van der Waals surface area (Å²) in [5, 5.41) is 8.72. The van der Waals surface area contributed by atoms with Crippen LogP contribution in [-0.2, 0) is 10.2 Å². The second-order valence-corrected chi connectivity index (χ2v) is 6.96. The van der Waals surface area contributed by atoms with E-state index >= 15 is 0 Å². The van der Waals surface area contributed by atoms with Crippen molar-refractivity contribution in [1.82, 2.24) is 14.7 Å². The molecule has 2 rings (SSSR count). The van der Waals surface area contributed by atoms with Crippen LogP contribution in [-0.4, -0.2) is 43.3 Å². The zero-order valence-corrected chi connectivity index (χ0v) is 13.7. The monoisotopic (exact) mass is 380 g/mol. The minimum absolute atomic E-state index is 0.0573. The molecule has 1 heterocycles. The van der Waals surface area contributed by atoms with Gasteiger partial charge in [0.15, 0.2) is 5.82 Å². The maximum absolute atomic E-state index is 11.9. The maximum Gasteiger partial charge on any atom is 0.300 e. The number of aliphatic hydroxyl groups is 1. The highest BCUT2D eigenvalue weighted by Gasteiger charge is 2.21. The first-order valence-corrected chi connectivity index (χ1v) is 8.81. The Balaban J connectivity index is 2.00. The lowest BCUT2D eigenvalue weighted by atomic mass is 9.86. The average Bonchev–Trinajstić information content (AvgIpc) is 2.37. The van der Waals surface area contributed by atoms with Gasteiger partial charge in [-0.2, -0.15) is 13.1 Å². The van der Waals surface area contributed by atoms with E-state index in [9.17, 15) is 8.42 Å². The minimum Gasteiger partial charge on any atom is -0.474 e.